The molecule has 22 heavy (non-hydrogen) atoms. The number of carbonyl (C=O) groups is 1. The predicted octanol–water partition coefficient (Wildman–Crippen LogP) is 2.11. The zero-order chi connectivity index (χ0) is 15.4. The standard InChI is InChI=1S/C16H24N4O2/c21-14-8-2-1-6-12(14)18-16(22)19-13-7-5-9-17-15(13)20-10-3-4-11-20/h5,7,9,12,14,21H,1-4,6,8,10-11H2,(H2,18,19,22). The van der Waals surface area contributed by atoms with Crippen molar-refractivity contribution >= 4 is 17.5 Å². The molecule has 2 fully saturated rings. The molecule has 0 aromatic carbocycles. The van der Waals surface area contributed by atoms with Crippen LogP contribution in [0.5, 0.6) is 0 Å². The van der Waals surface area contributed by atoms with Crippen LogP contribution in [0, 0.1) is 0 Å². The number of amides is 2. The van der Waals surface area contributed by atoms with Gasteiger partial charge in [-0.1, -0.05) is 12.8 Å². The highest BCUT2D eigenvalue weighted by atomic mass is 16.3. The van der Waals surface area contributed by atoms with Crippen molar-refractivity contribution in [2.75, 3.05) is 23.3 Å². The number of carbonyl (C=O) groups excluding carboxylic acids is 1. The summed E-state index contributed by atoms with van der Waals surface area (Å²) in [4.78, 5) is 18.8. The Hall–Kier alpha value is -1.82. The maximum atomic E-state index is 12.2. The van der Waals surface area contributed by atoms with E-state index in [0.29, 0.717) is 0 Å². The van der Waals surface area contributed by atoms with Crippen LogP contribution in [0.25, 0.3) is 0 Å². The van der Waals surface area contributed by atoms with Crippen LogP contribution in [0.3, 0.4) is 0 Å². The molecule has 1 aliphatic heterocycles. The van der Waals surface area contributed by atoms with Gasteiger partial charge in [0, 0.05) is 19.3 Å². The molecule has 2 aliphatic rings. The molecule has 1 aromatic rings. The molecule has 2 atom stereocenters. The Morgan fingerprint density at radius 3 is 2.77 bits per heavy atom. The van der Waals surface area contributed by atoms with Gasteiger partial charge in [-0.05, 0) is 37.8 Å². The van der Waals surface area contributed by atoms with Crippen LogP contribution < -0.4 is 15.5 Å². The lowest BCUT2D eigenvalue weighted by molar-refractivity contribution is 0.0955. The number of nitrogens with one attached hydrogen (secondary N) is 2. The van der Waals surface area contributed by atoms with Gasteiger partial charge in [-0.15, -0.1) is 0 Å². The van der Waals surface area contributed by atoms with Crippen LogP contribution >= 0.6 is 0 Å². The number of nitrogens with zero attached hydrogens (tertiary/aromatic N) is 2. The van der Waals surface area contributed by atoms with Crippen LogP contribution in [-0.2, 0) is 0 Å². The van der Waals surface area contributed by atoms with Gasteiger partial charge in [0.05, 0.1) is 17.8 Å². The molecular formula is C16H24N4O2. The minimum absolute atomic E-state index is 0.152. The van der Waals surface area contributed by atoms with E-state index in [0.717, 1.165) is 63.1 Å². The van der Waals surface area contributed by atoms with E-state index in [1.807, 2.05) is 12.1 Å². The van der Waals surface area contributed by atoms with Crippen LogP contribution in [0.2, 0.25) is 0 Å². The van der Waals surface area contributed by atoms with E-state index >= 15 is 0 Å². The van der Waals surface area contributed by atoms with Gasteiger partial charge in [-0.25, -0.2) is 9.78 Å². The fourth-order valence-electron chi connectivity index (χ4n) is 3.28. The predicted molar refractivity (Wildman–Crippen MR) is 86.1 cm³/mol. The van der Waals surface area contributed by atoms with Gasteiger partial charge in [0.15, 0.2) is 5.82 Å². The molecule has 3 rings (SSSR count). The summed E-state index contributed by atoms with van der Waals surface area (Å²) in [6.45, 7) is 1.96. The van der Waals surface area contributed by atoms with E-state index in [1.165, 1.54) is 0 Å². The second-order valence-electron chi connectivity index (χ2n) is 6.13. The SMILES string of the molecule is O=C(Nc1cccnc1N1CCCC1)NC1CCCCC1O. The largest absolute Gasteiger partial charge is 0.391 e. The van der Waals surface area contributed by atoms with Gasteiger partial charge >= 0.3 is 6.03 Å². The number of anilines is 2. The summed E-state index contributed by atoms with van der Waals surface area (Å²) in [5, 5.41) is 15.7. The minimum Gasteiger partial charge on any atom is -0.391 e. The molecule has 1 saturated heterocycles. The maximum Gasteiger partial charge on any atom is 0.319 e. The van der Waals surface area contributed by atoms with Gasteiger partial charge in [-0.2, -0.15) is 0 Å². The van der Waals surface area contributed by atoms with Gasteiger partial charge in [0.1, 0.15) is 0 Å². The number of aromatic nitrogens is 1. The van der Waals surface area contributed by atoms with Gasteiger partial charge in [0.25, 0.3) is 0 Å². The van der Waals surface area contributed by atoms with Gasteiger partial charge < -0.3 is 20.6 Å². The lowest BCUT2D eigenvalue weighted by Gasteiger charge is -2.28. The molecule has 0 bridgehead atoms. The van der Waals surface area contributed by atoms with E-state index in [1.54, 1.807) is 6.20 Å². The lowest BCUT2D eigenvalue weighted by atomic mass is 9.93. The van der Waals surface area contributed by atoms with Crippen molar-refractivity contribution in [3.63, 3.8) is 0 Å². The van der Waals surface area contributed by atoms with Crippen molar-refractivity contribution in [2.24, 2.45) is 0 Å². The zero-order valence-corrected chi connectivity index (χ0v) is 12.8. The van der Waals surface area contributed by atoms with Crippen LogP contribution in [-0.4, -0.2) is 41.4 Å². The molecule has 1 aromatic heterocycles. The molecule has 120 valence electrons. The highest BCUT2D eigenvalue weighted by Gasteiger charge is 2.25. The van der Waals surface area contributed by atoms with Crippen molar-refractivity contribution < 1.29 is 9.90 Å². The first-order valence-corrected chi connectivity index (χ1v) is 8.19. The Kier molecular flexibility index (Phi) is 4.77. The van der Waals surface area contributed by atoms with Crippen molar-refractivity contribution in [2.45, 2.75) is 50.7 Å². The highest BCUT2D eigenvalue weighted by Crippen LogP contribution is 2.26. The summed E-state index contributed by atoms with van der Waals surface area (Å²) >= 11 is 0. The molecule has 6 heteroatoms. The molecule has 3 N–H and O–H groups in total. The first kappa shape index (κ1) is 15.1. The van der Waals surface area contributed by atoms with Gasteiger partial charge in [-0.3, -0.25) is 0 Å². The lowest BCUT2D eigenvalue weighted by Crippen LogP contribution is -2.46. The summed E-state index contributed by atoms with van der Waals surface area (Å²) in [6.07, 6.45) is 7.31. The Balaban J connectivity index is 1.63. The van der Waals surface area contributed by atoms with E-state index < -0.39 is 6.10 Å². The number of aliphatic hydroxyl groups is 1. The van der Waals surface area contributed by atoms with E-state index in [2.05, 4.69) is 20.5 Å². The number of aliphatic hydroxyl groups excluding tert-OH is 1. The summed E-state index contributed by atoms with van der Waals surface area (Å²) in [5.74, 6) is 0.833. The monoisotopic (exact) mass is 304 g/mol. The highest BCUT2D eigenvalue weighted by molar-refractivity contribution is 5.92. The van der Waals surface area contributed by atoms with Crippen molar-refractivity contribution in [1.29, 1.82) is 0 Å². The first-order valence-electron chi connectivity index (χ1n) is 8.19. The molecule has 2 amide bonds. The smallest absolute Gasteiger partial charge is 0.319 e. The molecule has 0 radical (unpaired) electrons. The van der Waals surface area contributed by atoms with Crippen LogP contribution in [0.1, 0.15) is 38.5 Å². The third kappa shape index (κ3) is 3.50. The molecule has 2 unspecified atom stereocenters. The van der Waals surface area contributed by atoms with Crippen molar-refractivity contribution in [3.05, 3.63) is 18.3 Å². The van der Waals surface area contributed by atoms with Crippen LogP contribution in [0.4, 0.5) is 16.3 Å². The minimum atomic E-state index is -0.438. The van der Waals surface area contributed by atoms with E-state index in [-0.39, 0.29) is 12.1 Å². The van der Waals surface area contributed by atoms with Crippen LogP contribution in [0.15, 0.2) is 18.3 Å². The van der Waals surface area contributed by atoms with Gasteiger partial charge in [0.2, 0.25) is 0 Å². The second kappa shape index (κ2) is 6.96. The topological polar surface area (TPSA) is 77.5 Å². The van der Waals surface area contributed by atoms with E-state index in [4.69, 9.17) is 0 Å². The average Bonchev–Trinajstić information content (AvgIpc) is 3.04. The molecular weight excluding hydrogens is 280 g/mol. The fraction of sp³-hybridized carbons (Fsp3) is 0.625. The number of pyridine rings is 1. The summed E-state index contributed by atoms with van der Waals surface area (Å²) in [6, 6.07) is 3.28. The third-order valence-corrected chi connectivity index (χ3v) is 4.49. The molecule has 0 spiro atoms. The first-order chi connectivity index (χ1) is 10.7. The summed E-state index contributed by atoms with van der Waals surface area (Å²) < 4.78 is 0. The average molecular weight is 304 g/mol. The fourth-order valence-corrected chi connectivity index (χ4v) is 3.28. The summed E-state index contributed by atoms with van der Waals surface area (Å²) in [5.41, 5.74) is 0.729. The van der Waals surface area contributed by atoms with Crippen molar-refractivity contribution in [3.8, 4) is 0 Å². The third-order valence-electron chi connectivity index (χ3n) is 4.49. The van der Waals surface area contributed by atoms with Crippen molar-refractivity contribution in [1.82, 2.24) is 10.3 Å². The number of hydrogen-bond acceptors (Lipinski definition) is 4. The number of hydrogen-bond donors (Lipinski definition) is 3. The molecule has 1 aliphatic carbocycles. The normalized spacial score (nSPS) is 25.0. The summed E-state index contributed by atoms with van der Waals surface area (Å²) in [7, 11) is 0. The Morgan fingerprint density at radius 1 is 1.23 bits per heavy atom. The second-order valence-corrected chi connectivity index (χ2v) is 6.13. The number of rotatable bonds is 3. The molecule has 1 saturated carbocycles. The Morgan fingerprint density at radius 2 is 2.00 bits per heavy atom. The van der Waals surface area contributed by atoms with E-state index in [9.17, 15) is 9.90 Å². The molecule has 6 nitrogen and oxygen atoms in total. The maximum absolute atomic E-state index is 12.2. The molecule has 2 heterocycles. The number of urea groups is 1. The zero-order valence-electron chi connectivity index (χ0n) is 12.8. The quantitative estimate of drug-likeness (QED) is 0.799. The Bertz CT molecular complexity index is 517. The Labute approximate surface area is 130 Å².